The highest BCUT2D eigenvalue weighted by Crippen LogP contribution is 2.38. The van der Waals surface area contributed by atoms with E-state index in [2.05, 4.69) is 15.3 Å². The maximum Gasteiger partial charge on any atom is 0.322 e. The molecule has 4 bridgehead atoms. The predicted molar refractivity (Wildman–Crippen MR) is 104 cm³/mol. The molecule has 9 heteroatoms. The molecule has 148 valence electrons. The molecule has 2 amide bonds. The number of amides is 2. The second-order valence-electron chi connectivity index (χ2n) is 7.76. The van der Waals surface area contributed by atoms with Crippen LogP contribution in [0.25, 0.3) is 5.65 Å². The van der Waals surface area contributed by atoms with Gasteiger partial charge in [0.15, 0.2) is 5.65 Å². The van der Waals surface area contributed by atoms with E-state index in [-0.39, 0.29) is 23.9 Å². The number of urea groups is 1. The highest BCUT2D eigenvalue weighted by Gasteiger charge is 2.35. The fourth-order valence-corrected chi connectivity index (χ4v) is 4.51. The molecular weight excluding hydrogens is 375 g/mol. The van der Waals surface area contributed by atoms with Crippen molar-refractivity contribution in [3.63, 3.8) is 0 Å². The number of benzene rings is 1. The summed E-state index contributed by atoms with van der Waals surface area (Å²) in [6, 6.07) is 4.10. The highest BCUT2D eigenvalue weighted by molar-refractivity contribution is 5.98. The van der Waals surface area contributed by atoms with Crippen molar-refractivity contribution in [3.05, 3.63) is 47.5 Å². The second kappa shape index (κ2) is 5.82. The molecule has 5 heterocycles. The quantitative estimate of drug-likeness (QED) is 0.633. The Morgan fingerprint density at radius 1 is 1.34 bits per heavy atom. The predicted octanol–water partition coefficient (Wildman–Crippen LogP) is 2.28. The molecule has 2 atom stereocenters. The number of carbonyl (C=O) groups is 1. The van der Waals surface area contributed by atoms with Crippen LogP contribution in [-0.2, 0) is 6.42 Å². The zero-order valence-electron chi connectivity index (χ0n) is 15.8. The Balaban J connectivity index is 1.57. The van der Waals surface area contributed by atoms with Crippen molar-refractivity contribution < 1.29 is 13.9 Å². The number of halogens is 1. The minimum absolute atomic E-state index is 0.115. The smallest absolute Gasteiger partial charge is 0.322 e. The van der Waals surface area contributed by atoms with Crippen molar-refractivity contribution in [2.45, 2.75) is 25.4 Å². The van der Waals surface area contributed by atoms with E-state index in [0.717, 1.165) is 29.9 Å². The molecule has 1 aromatic carbocycles. The van der Waals surface area contributed by atoms with Crippen LogP contribution in [0.15, 0.2) is 30.6 Å². The fourth-order valence-electron chi connectivity index (χ4n) is 4.51. The SMILES string of the molecule is C[C@@H]1c2cc(F)ccc2OC[C@H]2CN(C(=O)N2)c2cnn3cc4c(nc23)N1CC4. The lowest BCUT2D eigenvalue weighted by atomic mass is 10.1. The van der Waals surface area contributed by atoms with Crippen molar-refractivity contribution in [2.75, 3.05) is 29.5 Å². The first kappa shape index (κ1) is 16.6. The van der Waals surface area contributed by atoms with Gasteiger partial charge < -0.3 is 15.0 Å². The van der Waals surface area contributed by atoms with Crippen molar-refractivity contribution >= 4 is 23.2 Å². The fraction of sp³-hybridized carbons (Fsp3) is 0.350. The van der Waals surface area contributed by atoms with Crippen LogP contribution in [0.4, 0.5) is 20.7 Å². The summed E-state index contributed by atoms with van der Waals surface area (Å²) in [7, 11) is 0. The Morgan fingerprint density at radius 3 is 3.14 bits per heavy atom. The minimum atomic E-state index is -0.301. The molecule has 29 heavy (non-hydrogen) atoms. The molecule has 0 aliphatic carbocycles. The van der Waals surface area contributed by atoms with Gasteiger partial charge in [-0.05, 0) is 31.5 Å². The average Bonchev–Trinajstić information content (AvgIpc) is 3.40. The first-order valence-corrected chi connectivity index (χ1v) is 9.72. The summed E-state index contributed by atoms with van der Waals surface area (Å²) in [5.74, 6) is 1.17. The Kier molecular flexibility index (Phi) is 3.33. The lowest BCUT2D eigenvalue weighted by Crippen LogP contribution is -2.33. The number of nitrogens with zero attached hydrogens (tertiary/aromatic N) is 5. The number of hydrogen-bond acceptors (Lipinski definition) is 5. The molecule has 1 fully saturated rings. The van der Waals surface area contributed by atoms with Gasteiger partial charge in [-0.3, -0.25) is 4.90 Å². The van der Waals surface area contributed by atoms with Gasteiger partial charge in [0.25, 0.3) is 0 Å². The molecule has 1 saturated heterocycles. The largest absolute Gasteiger partial charge is 0.491 e. The van der Waals surface area contributed by atoms with Crippen molar-refractivity contribution in [1.82, 2.24) is 19.9 Å². The number of carbonyl (C=O) groups excluding carboxylic acids is 1. The number of fused-ring (bicyclic) bond motifs is 4. The molecule has 0 radical (unpaired) electrons. The number of hydrogen-bond donors (Lipinski definition) is 1. The molecule has 0 saturated carbocycles. The summed E-state index contributed by atoms with van der Waals surface area (Å²) < 4.78 is 21.9. The number of aromatic nitrogens is 3. The van der Waals surface area contributed by atoms with Crippen molar-refractivity contribution in [1.29, 1.82) is 0 Å². The maximum atomic E-state index is 14.1. The van der Waals surface area contributed by atoms with Crippen LogP contribution < -0.4 is 19.9 Å². The van der Waals surface area contributed by atoms with Gasteiger partial charge in [-0.25, -0.2) is 18.7 Å². The first-order valence-electron chi connectivity index (χ1n) is 9.72. The van der Waals surface area contributed by atoms with E-state index in [4.69, 9.17) is 9.72 Å². The van der Waals surface area contributed by atoms with Crippen LogP contribution >= 0.6 is 0 Å². The molecule has 3 aromatic rings. The normalized spacial score (nSPS) is 22.8. The number of anilines is 2. The molecule has 3 aliphatic heterocycles. The zero-order valence-corrected chi connectivity index (χ0v) is 15.8. The van der Waals surface area contributed by atoms with Crippen LogP contribution in [0.5, 0.6) is 5.75 Å². The molecule has 2 aromatic heterocycles. The Labute approximate surface area is 165 Å². The molecular formula is C20H19FN6O2. The topological polar surface area (TPSA) is 75.0 Å². The second-order valence-corrected chi connectivity index (χ2v) is 7.76. The maximum absolute atomic E-state index is 14.1. The van der Waals surface area contributed by atoms with E-state index >= 15 is 0 Å². The number of rotatable bonds is 0. The molecule has 3 aliphatic rings. The van der Waals surface area contributed by atoms with Crippen molar-refractivity contribution in [2.24, 2.45) is 0 Å². The van der Waals surface area contributed by atoms with E-state index < -0.39 is 0 Å². The molecule has 8 nitrogen and oxygen atoms in total. The molecule has 0 unspecified atom stereocenters. The third-order valence-corrected chi connectivity index (χ3v) is 6.02. The zero-order chi connectivity index (χ0) is 19.7. The standard InChI is InChI=1S/C20H19FN6O2/c1-11-15-6-13(21)2-3-17(15)29-10-14-9-26(20(28)23-14)16-7-22-27-8-12-4-5-25(11)18(12)24-19(16)27/h2-3,6-8,11,14H,4-5,9-10H2,1H3,(H,23,28)/t11-,14-/m1/s1. The van der Waals surface area contributed by atoms with Gasteiger partial charge >= 0.3 is 6.03 Å². The summed E-state index contributed by atoms with van der Waals surface area (Å²) >= 11 is 0. The molecule has 1 N–H and O–H groups in total. The number of nitrogens with one attached hydrogen (secondary N) is 1. The Bertz CT molecular complexity index is 1160. The number of ether oxygens (including phenoxy) is 1. The van der Waals surface area contributed by atoms with Gasteiger partial charge in [-0.2, -0.15) is 5.10 Å². The monoisotopic (exact) mass is 394 g/mol. The highest BCUT2D eigenvalue weighted by atomic mass is 19.1. The summed E-state index contributed by atoms with van der Waals surface area (Å²) in [6.07, 6.45) is 4.48. The van der Waals surface area contributed by atoms with Gasteiger partial charge in [0.1, 0.15) is 29.7 Å². The first-order chi connectivity index (χ1) is 14.1. The lowest BCUT2D eigenvalue weighted by molar-refractivity contribution is 0.244. The van der Waals surface area contributed by atoms with Gasteiger partial charge in [0.05, 0.1) is 24.8 Å². The Hall–Kier alpha value is -3.36. The summed E-state index contributed by atoms with van der Waals surface area (Å²) in [6.45, 7) is 3.56. The van der Waals surface area contributed by atoms with Crippen LogP contribution in [0.1, 0.15) is 24.1 Å². The van der Waals surface area contributed by atoms with Crippen LogP contribution in [0.3, 0.4) is 0 Å². The van der Waals surface area contributed by atoms with Crippen LogP contribution in [0.2, 0.25) is 0 Å². The third kappa shape index (κ3) is 2.39. The van der Waals surface area contributed by atoms with Gasteiger partial charge in [-0.15, -0.1) is 0 Å². The summed E-state index contributed by atoms with van der Waals surface area (Å²) in [4.78, 5) is 21.3. The Morgan fingerprint density at radius 2 is 2.24 bits per heavy atom. The van der Waals surface area contributed by atoms with E-state index in [0.29, 0.717) is 30.2 Å². The molecule has 6 rings (SSSR count). The van der Waals surface area contributed by atoms with E-state index in [1.54, 1.807) is 21.7 Å². The van der Waals surface area contributed by atoms with Gasteiger partial charge in [0, 0.05) is 23.9 Å². The lowest BCUT2D eigenvalue weighted by Gasteiger charge is -2.28. The average molecular weight is 394 g/mol. The van der Waals surface area contributed by atoms with E-state index in [1.807, 2.05) is 13.1 Å². The molecule has 0 spiro atoms. The minimum Gasteiger partial charge on any atom is -0.491 e. The van der Waals surface area contributed by atoms with Crippen LogP contribution in [0, 0.1) is 5.82 Å². The van der Waals surface area contributed by atoms with Crippen molar-refractivity contribution in [3.8, 4) is 5.75 Å². The third-order valence-electron chi connectivity index (χ3n) is 6.02. The summed E-state index contributed by atoms with van der Waals surface area (Å²) in [5, 5.41) is 7.36. The van der Waals surface area contributed by atoms with E-state index in [1.165, 1.54) is 12.1 Å². The summed E-state index contributed by atoms with van der Waals surface area (Å²) in [5.41, 5.74) is 3.17. The van der Waals surface area contributed by atoms with Gasteiger partial charge in [0.2, 0.25) is 0 Å². The van der Waals surface area contributed by atoms with E-state index in [9.17, 15) is 9.18 Å². The van der Waals surface area contributed by atoms with Crippen LogP contribution in [-0.4, -0.2) is 46.4 Å². The van der Waals surface area contributed by atoms with Gasteiger partial charge in [-0.1, -0.05) is 0 Å².